The monoisotopic (exact) mass is 528 g/mol. The van der Waals surface area contributed by atoms with Gasteiger partial charge in [-0.05, 0) is 24.3 Å². The smallest absolute Gasteiger partial charge is 0.258 e. The second kappa shape index (κ2) is 9.46. The molecule has 0 radical (unpaired) electrons. The number of nitro groups is 2. The standard InChI is InChI=1S/C24H14Cl2N2O6S/c25-23-17(15-7-1-3-11-19(15)27(29)30)9-5-13-21(23)35(33,34)22-14-6-10-18(24(22)26)16-8-2-4-12-20(16)28(31)32/h1-14H. The highest BCUT2D eigenvalue weighted by Gasteiger charge is 2.29. The van der Waals surface area contributed by atoms with Crippen LogP contribution in [0.1, 0.15) is 0 Å². The molecule has 4 rings (SSSR count). The molecule has 0 saturated heterocycles. The summed E-state index contributed by atoms with van der Waals surface area (Å²) in [5.41, 5.74) is 0.149. The first kappa shape index (κ1) is 24.3. The van der Waals surface area contributed by atoms with Gasteiger partial charge >= 0.3 is 0 Å². The maximum Gasteiger partial charge on any atom is 0.277 e. The van der Waals surface area contributed by atoms with Gasteiger partial charge in [0.25, 0.3) is 11.4 Å². The highest BCUT2D eigenvalue weighted by molar-refractivity contribution is 7.91. The van der Waals surface area contributed by atoms with Crippen molar-refractivity contribution in [3.05, 3.63) is 115 Å². The molecule has 176 valence electrons. The van der Waals surface area contributed by atoms with Gasteiger partial charge in [0, 0.05) is 23.3 Å². The van der Waals surface area contributed by atoms with E-state index < -0.39 is 19.7 Å². The molecule has 8 nitrogen and oxygen atoms in total. The van der Waals surface area contributed by atoms with Crippen molar-refractivity contribution in [1.82, 2.24) is 0 Å². The van der Waals surface area contributed by atoms with Crippen molar-refractivity contribution >= 4 is 44.4 Å². The van der Waals surface area contributed by atoms with Gasteiger partial charge in [-0.15, -0.1) is 0 Å². The number of rotatable bonds is 6. The molecule has 35 heavy (non-hydrogen) atoms. The average molecular weight is 529 g/mol. The fourth-order valence-electron chi connectivity index (χ4n) is 3.69. The van der Waals surface area contributed by atoms with E-state index in [2.05, 4.69) is 0 Å². The zero-order chi connectivity index (χ0) is 25.3. The molecule has 0 aliphatic heterocycles. The van der Waals surface area contributed by atoms with Gasteiger partial charge in [-0.2, -0.15) is 0 Å². The number of para-hydroxylation sites is 2. The normalized spacial score (nSPS) is 11.3. The van der Waals surface area contributed by atoms with E-state index in [9.17, 15) is 28.6 Å². The van der Waals surface area contributed by atoms with Crippen LogP contribution >= 0.6 is 23.2 Å². The second-order valence-electron chi connectivity index (χ2n) is 7.29. The van der Waals surface area contributed by atoms with Crippen LogP contribution in [-0.2, 0) is 9.84 Å². The number of benzene rings is 4. The minimum Gasteiger partial charge on any atom is -0.258 e. The summed E-state index contributed by atoms with van der Waals surface area (Å²) in [5, 5.41) is 22.5. The third-order valence-corrected chi connectivity index (χ3v) is 8.16. The van der Waals surface area contributed by atoms with Crippen LogP contribution in [0.5, 0.6) is 0 Å². The molecule has 0 amide bonds. The zero-order valence-corrected chi connectivity index (χ0v) is 19.9. The molecule has 0 spiro atoms. The van der Waals surface area contributed by atoms with Gasteiger partial charge in [0.1, 0.15) is 0 Å². The molecule has 4 aromatic rings. The van der Waals surface area contributed by atoms with Gasteiger partial charge in [-0.1, -0.05) is 71.7 Å². The fraction of sp³-hybridized carbons (Fsp3) is 0. The summed E-state index contributed by atoms with van der Waals surface area (Å²) in [6, 6.07) is 20.0. The van der Waals surface area contributed by atoms with Crippen LogP contribution in [-0.4, -0.2) is 18.3 Å². The maximum absolute atomic E-state index is 13.6. The number of hydrogen-bond donors (Lipinski definition) is 0. The van der Waals surface area contributed by atoms with E-state index in [1.807, 2.05) is 0 Å². The molecule has 0 aromatic heterocycles. The number of nitro benzene ring substituents is 2. The first-order chi connectivity index (χ1) is 16.6. The Morgan fingerprint density at radius 2 is 0.886 bits per heavy atom. The van der Waals surface area contributed by atoms with Gasteiger partial charge in [-0.3, -0.25) is 20.2 Å². The zero-order valence-electron chi connectivity index (χ0n) is 17.6. The Morgan fingerprint density at radius 1 is 0.543 bits per heavy atom. The van der Waals surface area contributed by atoms with Crippen molar-refractivity contribution in [1.29, 1.82) is 0 Å². The van der Waals surface area contributed by atoms with Crippen LogP contribution in [0.25, 0.3) is 22.3 Å². The molecule has 11 heteroatoms. The van der Waals surface area contributed by atoms with E-state index in [0.717, 1.165) is 0 Å². The Labute approximate surface area is 209 Å². The first-order valence-electron chi connectivity index (χ1n) is 9.94. The molecule has 0 aliphatic rings. The summed E-state index contributed by atoms with van der Waals surface area (Å²) < 4.78 is 27.3. The van der Waals surface area contributed by atoms with E-state index in [4.69, 9.17) is 23.2 Å². The molecular formula is C24H14Cl2N2O6S. The summed E-state index contributed by atoms with van der Waals surface area (Å²) in [6.07, 6.45) is 0. The van der Waals surface area contributed by atoms with E-state index in [-0.39, 0.29) is 53.5 Å². The first-order valence-corrected chi connectivity index (χ1v) is 12.2. The molecule has 0 bridgehead atoms. The van der Waals surface area contributed by atoms with E-state index in [1.165, 1.54) is 72.8 Å². The van der Waals surface area contributed by atoms with Crippen molar-refractivity contribution in [2.75, 3.05) is 0 Å². The second-order valence-corrected chi connectivity index (χ2v) is 9.93. The van der Waals surface area contributed by atoms with Crippen LogP contribution in [0, 0.1) is 20.2 Å². The van der Waals surface area contributed by atoms with Gasteiger partial charge in [0.05, 0.1) is 40.8 Å². The molecule has 0 aliphatic carbocycles. The topological polar surface area (TPSA) is 120 Å². The number of hydrogen-bond acceptors (Lipinski definition) is 6. The van der Waals surface area contributed by atoms with Crippen LogP contribution in [0.4, 0.5) is 11.4 Å². The summed E-state index contributed by atoms with van der Waals surface area (Å²) >= 11 is 13.0. The molecule has 0 heterocycles. The minimum atomic E-state index is -4.33. The molecule has 4 aromatic carbocycles. The Hall–Kier alpha value is -3.79. The maximum atomic E-state index is 13.6. The lowest BCUT2D eigenvalue weighted by molar-refractivity contribution is -0.384. The molecule has 0 unspecified atom stereocenters. The Kier molecular flexibility index (Phi) is 6.58. The average Bonchev–Trinajstić information content (AvgIpc) is 2.84. The predicted molar refractivity (Wildman–Crippen MR) is 133 cm³/mol. The lowest BCUT2D eigenvalue weighted by Gasteiger charge is -2.14. The quantitative estimate of drug-likeness (QED) is 0.196. The minimum absolute atomic E-state index is 0.152. The Balaban J connectivity index is 1.91. The third kappa shape index (κ3) is 4.37. The highest BCUT2D eigenvalue weighted by atomic mass is 35.5. The van der Waals surface area contributed by atoms with Crippen molar-refractivity contribution in [2.45, 2.75) is 9.79 Å². The summed E-state index contributed by atoms with van der Waals surface area (Å²) in [6.45, 7) is 0. The lowest BCUT2D eigenvalue weighted by Crippen LogP contribution is -2.05. The van der Waals surface area contributed by atoms with Crippen LogP contribution in [0.2, 0.25) is 10.0 Å². The van der Waals surface area contributed by atoms with Gasteiger partial charge in [0.2, 0.25) is 9.84 Å². The largest absolute Gasteiger partial charge is 0.277 e. The van der Waals surface area contributed by atoms with Crippen LogP contribution in [0.3, 0.4) is 0 Å². The SMILES string of the molecule is O=[N+]([O-])c1ccccc1-c1cccc(S(=O)(=O)c2cccc(-c3ccccc3[N+](=O)[O-])c2Cl)c1Cl. The lowest BCUT2D eigenvalue weighted by atomic mass is 10.0. The molecular weight excluding hydrogens is 515 g/mol. The third-order valence-electron chi connectivity index (χ3n) is 5.29. The van der Waals surface area contributed by atoms with Crippen LogP contribution in [0.15, 0.2) is 94.7 Å². The van der Waals surface area contributed by atoms with Gasteiger partial charge in [-0.25, -0.2) is 8.42 Å². The fourth-order valence-corrected chi connectivity index (χ4v) is 6.20. The van der Waals surface area contributed by atoms with Crippen molar-refractivity contribution < 1.29 is 18.3 Å². The number of halogens is 2. The van der Waals surface area contributed by atoms with E-state index in [0.29, 0.717) is 0 Å². The predicted octanol–water partition coefficient (Wildman–Crippen LogP) is 6.98. The Bertz CT molecular complexity index is 1490. The summed E-state index contributed by atoms with van der Waals surface area (Å²) in [4.78, 5) is 21.2. The highest BCUT2D eigenvalue weighted by Crippen LogP contribution is 2.43. The van der Waals surface area contributed by atoms with Gasteiger partial charge < -0.3 is 0 Å². The van der Waals surface area contributed by atoms with E-state index >= 15 is 0 Å². The number of sulfone groups is 1. The molecule has 0 fully saturated rings. The van der Waals surface area contributed by atoms with Gasteiger partial charge in [0.15, 0.2) is 0 Å². The molecule has 0 N–H and O–H groups in total. The summed E-state index contributed by atoms with van der Waals surface area (Å²) in [7, 11) is -4.33. The van der Waals surface area contributed by atoms with Crippen molar-refractivity contribution in [3.8, 4) is 22.3 Å². The van der Waals surface area contributed by atoms with Crippen molar-refractivity contribution in [3.63, 3.8) is 0 Å². The van der Waals surface area contributed by atoms with E-state index in [1.54, 1.807) is 12.1 Å². The Morgan fingerprint density at radius 3 is 1.26 bits per heavy atom. The molecule has 0 saturated carbocycles. The summed E-state index contributed by atoms with van der Waals surface area (Å²) in [5.74, 6) is 0. The number of nitrogens with zero attached hydrogens (tertiary/aromatic N) is 2. The van der Waals surface area contributed by atoms with Crippen molar-refractivity contribution in [2.24, 2.45) is 0 Å². The van der Waals surface area contributed by atoms with Crippen LogP contribution < -0.4 is 0 Å². The molecule has 0 atom stereocenters.